The van der Waals surface area contributed by atoms with Gasteiger partial charge in [0.2, 0.25) is 0 Å². The predicted molar refractivity (Wildman–Crippen MR) is 238 cm³/mol. The van der Waals surface area contributed by atoms with E-state index < -0.39 is 0 Å². The normalized spacial score (nSPS) is 12.2. The molecule has 7 aromatic rings. The lowest BCUT2D eigenvalue weighted by Gasteiger charge is -2.13. The number of aromatic amines is 2. The molecule has 0 unspecified atom stereocenters. The van der Waals surface area contributed by atoms with Crippen LogP contribution in [0.1, 0.15) is 50.6 Å². The summed E-state index contributed by atoms with van der Waals surface area (Å²) >= 11 is 25.2. The lowest BCUT2D eigenvalue weighted by atomic mass is 9.90. The van der Waals surface area contributed by atoms with E-state index in [2.05, 4.69) is 150 Å². The van der Waals surface area contributed by atoms with Gasteiger partial charge in [0.15, 0.2) is 0 Å². The van der Waals surface area contributed by atoms with Crippen molar-refractivity contribution in [3.63, 3.8) is 0 Å². The highest BCUT2D eigenvalue weighted by molar-refractivity contribution is 6.18. The van der Waals surface area contributed by atoms with Gasteiger partial charge in [0, 0.05) is 62.3 Å². The first-order valence-corrected chi connectivity index (χ1v) is 20.4. The number of halogens is 4. The van der Waals surface area contributed by atoms with E-state index in [1.54, 1.807) is 0 Å². The first kappa shape index (κ1) is 36.3. The van der Waals surface area contributed by atoms with Crippen molar-refractivity contribution < 1.29 is 0 Å². The Morgan fingerprint density at radius 2 is 0.857 bits per heavy atom. The molecule has 2 N–H and O–H groups in total. The van der Waals surface area contributed by atoms with Gasteiger partial charge in [-0.15, -0.1) is 46.4 Å². The largest absolute Gasteiger partial charge is 0.355 e. The highest BCUT2D eigenvalue weighted by Crippen LogP contribution is 2.46. The smallest absolute Gasteiger partial charge is 0.0815 e. The number of alkyl halides is 4. The van der Waals surface area contributed by atoms with E-state index in [4.69, 9.17) is 56.4 Å². The Labute approximate surface area is 345 Å². The van der Waals surface area contributed by atoms with Crippen molar-refractivity contribution in [2.24, 2.45) is 0 Å². The fourth-order valence-corrected chi connectivity index (χ4v) is 8.11. The van der Waals surface area contributed by atoms with Crippen molar-refractivity contribution in [3.05, 3.63) is 178 Å². The highest BCUT2D eigenvalue weighted by atomic mass is 35.5. The summed E-state index contributed by atoms with van der Waals surface area (Å²) in [7, 11) is 0. The van der Waals surface area contributed by atoms with E-state index in [1.165, 1.54) is 0 Å². The molecule has 4 aromatic carbocycles. The average Bonchev–Trinajstić information content (AvgIpc) is 4.06. The van der Waals surface area contributed by atoms with Gasteiger partial charge < -0.3 is 9.97 Å². The van der Waals surface area contributed by atoms with Gasteiger partial charge in [-0.3, -0.25) is 0 Å². The number of nitrogens with one attached hydrogen (secondary N) is 2. The van der Waals surface area contributed by atoms with Crippen molar-refractivity contribution in [1.82, 2.24) is 19.9 Å². The summed E-state index contributed by atoms with van der Waals surface area (Å²) in [6.45, 7) is 0. The summed E-state index contributed by atoms with van der Waals surface area (Å²) in [4.78, 5) is 18.0. The number of hydrogen-bond acceptors (Lipinski definition) is 2. The van der Waals surface area contributed by atoms with Gasteiger partial charge in [-0.05, 0) is 93.1 Å². The van der Waals surface area contributed by atoms with Crippen molar-refractivity contribution in [3.8, 4) is 33.4 Å². The van der Waals surface area contributed by atoms with Gasteiger partial charge in [0.1, 0.15) is 0 Å². The minimum Gasteiger partial charge on any atom is -0.355 e. The number of H-pyrrole nitrogens is 2. The summed E-state index contributed by atoms with van der Waals surface area (Å²) in [5.74, 6) is 1.69. The Morgan fingerprint density at radius 1 is 0.411 bits per heavy atom. The van der Waals surface area contributed by atoms with Crippen molar-refractivity contribution >= 4 is 92.3 Å². The maximum Gasteiger partial charge on any atom is 0.0815 e. The van der Waals surface area contributed by atoms with Crippen LogP contribution in [-0.2, 0) is 23.5 Å². The fraction of sp³-hybridized carbons (Fsp3) is 0.0833. The monoisotopic (exact) mass is 806 g/mol. The second-order valence-electron chi connectivity index (χ2n) is 13.9. The molecular weight excluding hydrogens is 774 g/mol. The summed E-state index contributed by atoms with van der Waals surface area (Å²) in [6.07, 6.45) is 6.27. The molecule has 0 fully saturated rings. The molecule has 0 spiro atoms. The van der Waals surface area contributed by atoms with Gasteiger partial charge >= 0.3 is 0 Å². The summed E-state index contributed by atoms with van der Waals surface area (Å²) in [5.41, 5.74) is 19.3. The molecular formula is C48H34Cl4N4. The zero-order valence-electron chi connectivity index (χ0n) is 30.1. The molecule has 56 heavy (non-hydrogen) atoms. The first-order chi connectivity index (χ1) is 27.5. The molecule has 4 nitrogen and oxygen atoms in total. The third-order valence-electron chi connectivity index (χ3n) is 10.2. The van der Waals surface area contributed by atoms with E-state index in [0.717, 1.165) is 112 Å². The Hall–Kier alpha value is -5.36. The maximum absolute atomic E-state index is 6.35. The number of hydrogen-bond donors (Lipinski definition) is 2. The number of nitrogens with zero attached hydrogens (tertiary/aromatic N) is 2. The maximum atomic E-state index is 6.35. The van der Waals surface area contributed by atoms with Crippen LogP contribution in [0.15, 0.2) is 127 Å². The van der Waals surface area contributed by atoms with Crippen molar-refractivity contribution in [1.29, 1.82) is 0 Å². The van der Waals surface area contributed by atoms with E-state index in [1.807, 2.05) is 6.08 Å². The minimum absolute atomic E-state index is 0.411. The molecule has 0 aliphatic carbocycles. The molecule has 0 atom stereocenters. The minimum atomic E-state index is 0.411. The molecule has 8 bridgehead atoms. The number of aromatic nitrogens is 4. The fourth-order valence-electron chi connectivity index (χ4n) is 7.40. The quantitative estimate of drug-likeness (QED) is 0.150. The number of fused-ring (bicyclic) bond motifs is 8. The van der Waals surface area contributed by atoms with E-state index >= 15 is 0 Å². The van der Waals surface area contributed by atoms with Crippen LogP contribution in [0.5, 0.6) is 0 Å². The molecule has 0 saturated carbocycles. The van der Waals surface area contributed by atoms with Crippen LogP contribution in [0.2, 0.25) is 0 Å². The summed E-state index contributed by atoms with van der Waals surface area (Å²) in [6, 6.07) is 44.2. The summed E-state index contributed by atoms with van der Waals surface area (Å²) < 4.78 is 0. The van der Waals surface area contributed by atoms with Crippen LogP contribution in [0.4, 0.5) is 0 Å². The van der Waals surface area contributed by atoms with Crippen LogP contribution in [0.25, 0.3) is 79.2 Å². The van der Waals surface area contributed by atoms with Crippen molar-refractivity contribution in [2.75, 3.05) is 0 Å². The van der Waals surface area contributed by atoms with Crippen LogP contribution in [0.3, 0.4) is 0 Å². The van der Waals surface area contributed by atoms with E-state index in [9.17, 15) is 0 Å². The second kappa shape index (κ2) is 15.6. The average molecular weight is 809 g/mol. The molecule has 9 rings (SSSR count). The molecule has 0 saturated heterocycles. The van der Waals surface area contributed by atoms with Crippen LogP contribution >= 0.6 is 46.4 Å². The molecule has 0 amide bonds. The van der Waals surface area contributed by atoms with Gasteiger partial charge in [-0.25, -0.2) is 9.97 Å². The SMILES string of the molecule is ClCc1ccc(C2=Cc3cc4ccc(cc5nc(cc6[nH]c(c(-c7ccc(CCl)cc7)c2n3)c(-c2ccc(CCl)cc2)c6-c2ccc(CCl)cc2)C=C5)[nH]4)cc1. The number of benzene rings is 4. The molecule has 8 heteroatoms. The second-order valence-corrected chi connectivity index (χ2v) is 15.0. The molecule has 5 heterocycles. The van der Waals surface area contributed by atoms with Crippen LogP contribution < -0.4 is 0 Å². The zero-order valence-corrected chi connectivity index (χ0v) is 33.1. The molecule has 3 aromatic heterocycles. The Morgan fingerprint density at radius 3 is 1.38 bits per heavy atom. The lowest BCUT2D eigenvalue weighted by Crippen LogP contribution is -1.94. The van der Waals surface area contributed by atoms with Gasteiger partial charge in [0.05, 0.1) is 28.3 Å². The van der Waals surface area contributed by atoms with Gasteiger partial charge in [0.25, 0.3) is 0 Å². The third-order valence-corrected chi connectivity index (χ3v) is 11.5. The zero-order chi connectivity index (χ0) is 38.2. The summed E-state index contributed by atoms with van der Waals surface area (Å²) in [5, 5.41) is 0. The Balaban J connectivity index is 1.50. The number of rotatable bonds is 8. The molecule has 2 aliphatic rings. The molecule has 0 radical (unpaired) electrons. The topological polar surface area (TPSA) is 57.4 Å². The van der Waals surface area contributed by atoms with Gasteiger partial charge in [-0.2, -0.15) is 0 Å². The van der Waals surface area contributed by atoms with Crippen LogP contribution in [-0.4, -0.2) is 19.9 Å². The Bertz CT molecular complexity index is 2810. The lowest BCUT2D eigenvalue weighted by molar-refractivity contribution is 1.30. The Kier molecular flexibility index (Phi) is 10.1. The van der Waals surface area contributed by atoms with Gasteiger partial charge in [-0.1, -0.05) is 97.1 Å². The standard InChI is InChI=1S/C48H34Cl4N4/c49-25-29-1-9-33(10-2-29)42-23-41-22-39-18-17-37(53-39)21-38-19-20-40(54-38)24-43-44(34-11-3-30(26-50)4-12-34)45(35-13-5-31(27-51)6-14-35)48(56-43)46(47(42)55-41)36-15-7-32(28-52)8-16-36/h1-24,53,56H,25-28H2. The van der Waals surface area contributed by atoms with E-state index in [0.29, 0.717) is 23.5 Å². The van der Waals surface area contributed by atoms with E-state index in [-0.39, 0.29) is 0 Å². The first-order valence-electron chi connectivity index (χ1n) is 18.3. The highest BCUT2D eigenvalue weighted by Gasteiger charge is 2.25. The van der Waals surface area contributed by atoms with Crippen molar-refractivity contribution in [2.45, 2.75) is 23.5 Å². The predicted octanol–water partition coefficient (Wildman–Crippen LogP) is 14.0. The molecule has 274 valence electrons. The molecule has 2 aliphatic heterocycles. The van der Waals surface area contributed by atoms with Crippen LogP contribution in [0, 0.1) is 0 Å². The third kappa shape index (κ3) is 7.11.